The van der Waals surface area contributed by atoms with Gasteiger partial charge in [0, 0.05) is 24.4 Å². The van der Waals surface area contributed by atoms with Gasteiger partial charge in [0.1, 0.15) is 0 Å². The molecule has 0 saturated heterocycles. The number of hydrogen-bond donors (Lipinski definition) is 1. The van der Waals surface area contributed by atoms with Crippen LogP contribution in [0.3, 0.4) is 0 Å². The van der Waals surface area contributed by atoms with Crippen LogP contribution < -0.4 is 5.32 Å². The van der Waals surface area contributed by atoms with E-state index in [4.69, 9.17) is 0 Å². The first kappa shape index (κ1) is 13.2. The number of carbonyl (C=O) groups is 1. The van der Waals surface area contributed by atoms with Gasteiger partial charge in [0.2, 0.25) is 5.95 Å². The molecule has 0 spiro atoms. The summed E-state index contributed by atoms with van der Waals surface area (Å²) in [7, 11) is 0. The van der Waals surface area contributed by atoms with Crippen molar-refractivity contribution >= 4 is 5.91 Å². The summed E-state index contributed by atoms with van der Waals surface area (Å²) in [6.07, 6.45) is 2.19. The molecule has 98 valence electrons. The molecule has 3 nitrogen and oxygen atoms in total. The molecule has 0 aliphatic rings. The quantitative estimate of drug-likeness (QED) is 0.857. The van der Waals surface area contributed by atoms with E-state index in [1.807, 2.05) is 24.3 Å². The van der Waals surface area contributed by atoms with Gasteiger partial charge in [0.05, 0.1) is 0 Å². The van der Waals surface area contributed by atoms with Crippen molar-refractivity contribution in [2.75, 3.05) is 0 Å². The number of amides is 1. The molecular weight excluding hydrogens is 243 g/mol. The molecule has 0 radical (unpaired) electrons. The van der Waals surface area contributed by atoms with Crippen molar-refractivity contribution in [3.05, 3.63) is 65.2 Å². The van der Waals surface area contributed by atoms with Gasteiger partial charge in [-0.3, -0.25) is 4.79 Å². The predicted molar refractivity (Wildman–Crippen MR) is 71.2 cm³/mol. The molecule has 4 heteroatoms. The van der Waals surface area contributed by atoms with E-state index in [9.17, 15) is 9.18 Å². The van der Waals surface area contributed by atoms with Crippen molar-refractivity contribution < 1.29 is 9.18 Å². The van der Waals surface area contributed by atoms with Gasteiger partial charge in [0.15, 0.2) is 0 Å². The second-order valence-electron chi connectivity index (χ2n) is 4.17. The molecule has 1 aromatic carbocycles. The Bertz CT molecular complexity index is 584. The number of nitrogens with one attached hydrogen (secondary N) is 1. The van der Waals surface area contributed by atoms with Crippen LogP contribution in [0.5, 0.6) is 0 Å². The van der Waals surface area contributed by atoms with Gasteiger partial charge in [-0.1, -0.05) is 31.2 Å². The molecule has 0 atom stereocenters. The second kappa shape index (κ2) is 6.09. The van der Waals surface area contributed by atoms with Crippen LogP contribution in [-0.2, 0) is 13.0 Å². The minimum atomic E-state index is -0.651. The molecule has 0 fully saturated rings. The minimum absolute atomic E-state index is 0.279. The highest BCUT2D eigenvalue weighted by Crippen LogP contribution is 2.09. The van der Waals surface area contributed by atoms with Crippen LogP contribution in [-0.4, -0.2) is 10.9 Å². The summed E-state index contributed by atoms with van der Waals surface area (Å²) in [4.78, 5) is 15.3. The molecule has 0 aliphatic carbocycles. The third kappa shape index (κ3) is 3.37. The van der Waals surface area contributed by atoms with Crippen molar-refractivity contribution in [3.8, 4) is 0 Å². The summed E-state index contributed by atoms with van der Waals surface area (Å²) in [6, 6.07) is 10.5. The third-order valence-corrected chi connectivity index (χ3v) is 2.93. The molecule has 1 N–H and O–H groups in total. The summed E-state index contributed by atoms with van der Waals surface area (Å²) in [5, 5.41) is 2.78. The summed E-state index contributed by atoms with van der Waals surface area (Å²) >= 11 is 0. The molecule has 1 aromatic heterocycles. The Morgan fingerprint density at radius 1 is 1.26 bits per heavy atom. The topological polar surface area (TPSA) is 42.0 Å². The molecule has 0 unspecified atom stereocenters. The second-order valence-corrected chi connectivity index (χ2v) is 4.17. The number of aromatic nitrogens is 1. The normalized spacial score (nSPS) is 10.2. The van der Waals surface area contributed by atoms with E-state index >= 15 is 0 Å². The van der Waals surface area contributed by atoms with E-state index in [2.05, 4.69) is 17.2 Å². The van der Waals surface area contributed by atoms with Gasteiger partial charge in [0.25, 0.3) is 5.91 Å². The van der Waals surface area contributed by atoms with Crippen molar-refractivity contribution in [2.45, 2.75) is 19.9 Å². The van der Waals surface area contributed by atoms with E-state index in [1.165, 1.54) is 17.8 Å². The zero-order valence-electron chi connectivity index (χ0n) is 10.7. The lowest BCUT2D eigenvalue weighted by Gasteiger charge is -2.09. The Hall–Kier alpha value is -2.23. The highest BCUT2D eigenvalue weighted by molar-refractivity contribution is 5.93. The van der Waals surface area contributed by atoms with Crippen molar-refractivity contribution in [2.24, 2.45) is 0 Å². The molecule has 0 bridgehead atoms. The Morgan fingerprint density at radius 2 is 2.00 bits per heavy atom. The maximum absolute atomic E-state index is 12.9. The van der Waals surface area contributed by atoms with E-state index < -0.39 is 5.95 Å². The van der Waals surface area contributed by atoms with E-state index in [0.717, 1.165) is 18.1 Å². The van der Waals surface area contributed by atoms with Gasteiger partial charge in [-0.2, -0.15) is 4.39 Å². The van der Waals surface area contributed by atoms with Crippen LogP contribution in [0, 0.1) is 5.95 Å². The number of hydrogen-bond acceptors (Lipinski definition) is 2. The molecular formula is C15H15FN2O. The summed E-state index contributed by atoms with van der Waals surface area (Å²) in [5.74, 6) is -0.950. The third-order valence-electron chi connectivity index (χ3n) is 2.93. The highest BCUT2D eigenvalue weighted by atomic mass is 19.1. The smallest absolute Gasteiger partial charge is 0.251 e. The molecule has 19 heavy (non-hydrogen) atoms. The number of pyridine rings is 1. The standard InChI is InChI=1S/C15H15FN2O/c1-2-11-5-3-4-6-13(11)10-18-15(19)12-7-8-17-14(16)9-12/h3-9H,2,10H2,1H3,(H,18,19). The number of carbonyl (C=O) groups excluding carboxylic acids is 1. The first-order valence-corrected chi connectivity index (χ1v) is 6.17. The lowest BCUT2D eigenvalue weighted by molar-refractivity contribution is 0.0950. The van der Waals surface area contributed by atoms with E-state index in [-0.39, 0.29) is 11.5 Å². The van der Waals surface area contributed by atoms with Crippen LogP contribution in [0.25, 0.3) is 0 Å². The molecule has 2 aromatic rings. The molecule has 0 saturated carbocycles. The van der Waals surface area contributed by atoms with Gasteiger partial charge in [-0.05, 0) is 23.6 Å². The predicted octanol–water partition coefficient (Wildman–Crippen LogP) is 2.71. The van der Waals surface area contributed by atoms with Crippen molar-refractivity contribution in [1.82, 2.24) is 10.3 Å². The minimum Gasteiger partial charge on any atom is -0.348 e. The summed E-state index contributed by atoms with van der Waals surface area (Å²) in [6.45, 7) is 2.51. The lowest BCUT2D eigenvalue weighted by atomic mass is 10.1. The number of halogens is 1. The van der Waals surface area contributed by atoms with Crippen molar-refractivity contribution in [1.29, 1.82) is 0 Å². The highest BCUT2D eigenvalue weighted by Gasteiger charge is 2.07. The zero-order chi connectivity index (χ0) is 13.7. The monoisotopic (exact) mass is 258 g/mol. The van der Waals surface area contributed by atoms with Crippen LogP contribution in [0.4, 0.5) is 4.39 Å². The van der Waals surface area contributed by atoms with E-state index in [0.29, 0.717) is 6.54 Å². The van der Waals surface area contributed by atoms with Gasteiger partial charge < -0.3 is 5.32 Å². The van der Waals surface area contributed by atoms with E-state index in [1.54, 1.807) is 0 Å². The molecule has 1 amide bonds. The van der Waals surface area contributed by atoms with Crippen LogP contribution in [0.15, 0.2) is 42.6 Å². The Balaban J connectivity index is 2.04. The SMILES string of the molecule is CCc1ccccc1CNC(=O)c1ccnc(F)c1. The summed E-state index contributed by atoms with van der Waals surface area (Å²) in [5.41, 5.74) is 2.55. The van der Waals surface area contributed by atoms with Gasteiger partial charge in [-0.15, -0.1) is 0 Å². The first-order valence-electron chi connectivity index (χ1n) is 6.17. The number of nitrogens with zero attached hydrogens (tertiary/aromatic N) is 1. The number of rotatable bonds is 4. The Kier molecular flexibility index (Phi) is 4.23. The number of aryl methyl sites for hydroxylation is 1. The zero-order valence-corrected chi connectivity index (χ0v) is 10.7. The average Bonchev–Trinajstić information content (AvgIpc) is 2.45. The Morgan fingerprint density at radius 3 is 2.68 bits per heavy atom. The molecule has 1 heterocycles. The fourth-order valence-electron chi connectivity index (χ4n) is 1.90. The van der Waals surface area contributed by atoms with Gasteiger partial charge in [-0.25, -0.2) is 4.98 Å². The van der Waals surface area contributed by atoms with Crippen LogP contribution in [0.2, 0.25) is 0 Å². The maximum Gasteiger partial charge on any atom is 0.251 e. The largest absolute Gasteiger partial charge is 0.348 e. The first-order chi connectivity index (χ1) is 9.20. The Labute approximate surface area is 111 Å². The maximum atomic E-state index is 12.9. The van der Waals surface area contributed by atoms with Gasteiger partial charge >= 0.3 is 0 Å². The molecule has 2 rings (SSSR count). The molecule has 0 aliphatic heterocycles. The van der Waals surface area contributed by atoms with Crippen LogP contribution in [0.1, 0.15) is 28.4 Å². The fraction of sp³-hybridized carbons (Fsp3) is 0.200. The average molecular weight is 258 g/mol. The van der Waals surface area contributed by atoms with Crippen LogP contribution >= 0.6 is 0 Å². The lowest BCUT2D eigenvalue weighted by Crippen LogP contribution is -2.23. The van der Waals surface area contributed by atoms with Crippen molar-refractivity contribution in [3.63, 3.8) is 0 Å². The fourth-order valence-corrected chi connectivity index (χ4v) is 1.90. The summed E-state index contributed by atoms with van der Waals surface area (Å²) < 4.78 is 12.9. The number of benzene rings is 1.